The topological polar surface area (TPSA) is 99.2 Å². The molecular weight excluding hydrogens is 733 g/mol. The molecule has 59 heavy (non-hydrogen) atoms. The molecular formula is C51H58N4O4. The second kappa shape index (κ2) is 16.8. The number of fused-ring (bicyclic) bond motifs is 2. The molecule has 4 aliphatic rings. The Bertz CT molecular complexity index is 2510. The van der Waals surface area contributed by atoms with E-state index in [0.29, 0.717) is 53.3 Å². The van der Waals surface area contributed by atoms with Crippen molar-refractivity contribution in [3.8, 4) is 0 Å². The summed E-state index contributed by atoms with van der Waals surface area (Å²) in [6.45, 7) is 0. The van der Waals surface area contributed by atoms with Gasteiger partial charge < -0.3 is 19.0 Å². The Kier molecular flexibility index (Phi) is 11.2. The molecule has 306 valence electrons. The summed E-state index contributed by atoms with van der Waals surface area (Å²) in [5.41, 5.74) is 12.7. The smallest absolute Gasteiger partial charge is 0.339 e. The van der Waals surface area contributed by atoms with Gasteiger partial charge in [-0.2, -0.15) is 0 Å². The van der Waals surface area contributed by atoms with Crippen molar-refractivity contribution in [1.29, 1.82) is 0 Å². The van der Waals surface area contributed by atoms with Gasteiger partial charge >= 0.3 is 11.9 Å². The first kappa shape index (κ1) is 39.2. The number of hydrogen-bond donors (Lipinski definition) is 1. The second-order valence-electron chi connectivity index (χ2n) is 18.0. The molecule has 2 aromatic carbocycles. The van der Waals surface area contributed by atoms with Crippen molar-refractivity contribution in [2.45, 2.75) is 126 Å². The summed E-state index contributed by atoms with van der Waals surface area (Å²) < 4.78 is 9.57. The van der Waals surface area contributed by atoms with Crippen LogP contribution in [-0.2, 0) is 31.7 Å². The summed E-state index contributed by atoms with van der Waals surface area (Å²) in [5, 5.41) is 12.3. The minimum atomic E-state index is -0.872. The van der Waals surface area contributed by atoms with Crippen LogP contribution in [0.4, 0.5) is 0 Å². The minimum absolute atomic E-state index is 0.284. The average molecular weight is 791 g/mol. The number of ether oxygens (including phenoxy) is 1. The van der Waals surface area contributed by atoms with Crippen molar-refractivity contribution in [3.63, 3.8) is 0 Å². The van der Waals surface area contributed by atoms with E-state index < -0.39 is 5.97 Å². The van der Waals surface area contributed by atoms with Crippen molar-refractivity contribution >= 4 is 33.7 Å². The largest absolute Gasteiger partial charge is 0.478 e. The third-order valence-electron chi connectivity index (χ3n) is 13.7. The van der Waals surface area contributed by atoms with Gasteiger partial charge in [0.25, 0.3) is 0 Å². The van der Waals surface area contributed by atoms with Crippen LogP contribution in [0.2, 0.25) is 0 Å². The number of nitrogens with zero attached hydrogens (tertiary/aromatic N) is 4. The van der Waals surface area contributed by atoms with E-state index in [2.05, 4.69) is 77.0 Å². The first-order valence-electron chi connectivity index (χ1n) is 22.2. The highest BCUT2D eigenvalue weighted by molar-refractivity contribution is 5.91. The third kappa shape index (κ3) is 8.46. The molecule has 0 atom stereocenters. The summed E-state index contributed by atoms with van der Waals surface area (Å²) in [5.74, 6) is 1.14. The van der Waals surface area contributed by atoms with Gasteiger partial charge in [0.1, 0.15) is 0 Å². The number of esters is 1. The van der Waals surface area contributed by atoms with Gasteiger partial charge in [0.2, 0.25) is 0 Å². The number of hydrogen-bond acceptors (Lipinski definition) is 5. The summed E-state index contributed by atoms with van der Waals surface area (Å²) in [4.78, 5) is 33.7. The van der Waals surface area contributed by atoms with Crippen LogP contribution in [-0.4, -0.2) is 43.3 Å². The number of carboxylic acids is 1. The van der Waals surface area contributed by atoms with E-state index in [1.807, 2.05) is 24.5 Å². The molecule has 4 aromatic heterocycles. The van der Waals surface area contributed by atoms with Crippen LogP contribution < -0.4 is 0 Å². The molecule has 0 radical (unpaired) electrons. The van der Waals surface area contributed by atoms with Gasteiger partial charge in [0.05, 0.1) is 40.7 Å². The van der Waals surface area contributed by atoms with Crippen molar-refractivity contribution in [3.05, 3.63) is 129 Å². The summed E-state index contributed by atoms with van der Waals surface area (Å²) in [6.07, 6.45) is 27.0. The molecule has 0 aliphatic heterocycles. The Hall–Kier alpha value is -5.24. The van der Waals surface area contributed by atoms with E-state index in [-0.39, 0.29) is 5.97 Å². The monoisotopic (exact) mass is 790 g/mol. The molecule has 0 amide bonds. The lowest BCUT2D eigenvalue weighted by Crippen LogP contribution is -2.10. The van der Waals surface area contributed by atoms with Crippen molar-refractivity contribution < 1.29 is 19.4 Å². The quantitative estimate of drug-likeness (QED) is 0.139. The maximum Gasteiger partial charge on any atom is 0.339 e. The number of pyridine rings is 2. The molecule has 4 saturated carbocycles. The van der Waals surface area contributed by atoms with Crippen LogP contribution >= 0.6 is 0 Å². The van der Waals surface area contributed by atoms with Crippen LogP contribution in [0.5, 0.6) is 0 Å². The van der Waals surface area contributed by atoms with Crippen LogP contribution in [0, 0.1) is 0 Å². The number of carboxylic acid groups (broad SMARTS) is 1. The molecule has 4 aliphatic carbocycles. The standard InChI is InChI=1S/C26H30N2O2.C25H28N2O2/c1-28-11-10-20-12-17(13-22(25(20)28)19-6-4-3-5-7-19)14-24-23(26(29)30-2)15-21(16-27-24)18-8-9-18;1-27-10-9-19-11-16(12-21(24(19)27)18-5-3-2-4-6-18)13-23-22(25(28)29)14-20(15-26-23)17-7-8-17/h10-13,15-16,18-19H,3-9,14H2,1-2H3;9-12,14-15,17-18H,2-8,13H2,1H3,(H,28,29). The molecule has 8 heteroatoms. The molecule has 8 nitrogen and oxygen atoms in total. The number of benzene rings is 2. The van der Waals surface area contributed by atoms with Gasteiger partial charge in [-0.1, -0.05) is 50.7 Å². The maximum atomic E-state index is 12.5. The third-order valence-corrected chi connectivity index (χ3v) is 13.7. The van der Waals surface area contributed by atoms with Crippen molar-refractivity contribution in [2.75, 3.05) is 7.11 Å². The Balaban J connectivity index is 0.000000152. The zero-order chi connectivity index (χ0) is 40.6. The number of carbonyl (C=O) groups is 2. The first-order chi connectivity index (χ1) is 28.7. The fourth-order valence-electron chi connectivity index (χ4n) is 10.2. The number of rotatable bonds is 10. The number of methoxy groups -OCH3 is 1. The zero-order valence-electron chi connectivity index (χ0n) is 35.0. The summed E-state index contributed by atoms with van der Waals surface area (Å²) >= 11 is 0. The van der Waals surface area contributed by atoms with Crippen LogP contribution in [0.1, 0.15) is 179 Å². The number of aryl methyl sites for hydroxylation is 2. The van der Waals surface area contributed by atoms with Gasteiger partial charge in [-0.3, -0.25) is 9.97 Å². The van der Waals surface area contributed by atoms with Gasteiger partial charge in [0.15, 0.2) is 0 Å². The summed E-state index contributed by atoms with van der Waals surface area (Å²) in [7, 11) is 5.71. The number of carbonyl (C=O) groups excluding carboxylic acids is 1. The highest BCUT2D eigenvalue weighted by atomic mass is 16.5. The number of aromatic carboxylic acids is 1. The molecule has 0 saturated heterocycles. The molecule has 4 fully saturated rings. The lowest BCUT2D eigenvalue weighted by atomic mass is 9.82. The Labute approximate surface area is 348 Å². The number of aromatic nitrogens is 4. The Morgan fingerprint density at radius 3 is 1.47 bits per heavy atom. The molecule has 0 spiro atoms. The Morgan fingerprint density at radius 1 is 0.610 bits per heavy atom. The highest BCUT2D eigenvalue weighted by Crippen LogP contribution is 2.43. The van der Waals surface area contributed by atoms with Crippen LogP contribution in [0.15, 0.2) is 73.3 Å². The minimum Gasteiger partial charge on any atom is -0.478 e. The first-order valence-corrected chi connectivity index (χ1v) is 22.2. The van der Waals surface area contributed by atoms with E-state index in [9.17, 15) is 14.7 Å². The zero-order valence-corrected chi connectivity index (χ0v) is 35.0. The highest BCUT2D eigenvalue weighted by Gasteiger charge is 2.28. The van der Waals surface area contributed by atoms with E-state index in [0.717, 1.165) is 24.1 Å². The maximum absolute atomic E-state index is 12.5. The van der Waals surface area contributed by atoms with Gasteiger partial charge in [-0.15, -0.1) is 0 Å². The molecule has 4 heterocycles. The molecule has 6 aromatic rings. The fourth-order valence-corrected chi connectivity index (χ4v) is 10.2. The van der Waals surface area contributed by atoms with E-state index in [4.69, 9.17) is 9.72 Å². The molecule has 1 N–H and O–H groups in total. The normalized spacial score (nSPS) is 17.5. The predicted molar refractivity (Wildman–Crippen MR) is 234 cm³/mol. The van der Waals surface area contributed by atoms with Crippen LogP contribution in [0.25, 0.3) is 21.8 Å². The lowest BCUT2D eigenvalue weighted by molar-refractivity contribution is 0.0598. The van der Waals surface area contributed by atoms with Gasteiger partial charge in [-0.25, -0.2) is 9.59 Å². The SMILES string of the molecule is COC(=O)c1cc(C2CC2)cnc1Cc1cc(C2CCCCC2)c2c(ccn2C)c1.Cn1ccc2cc(Cc3ncc(C4CC4)cc3C(=O)O)cc(C3CCCCC3)c21. The van der Waals surface area contributed by atoms with Crippen molar-refractivity contribution in [1.82, 2.24) is 19.1 Å². The Morgan fingerprint density at radius 2 is 1.05 bits per heavy atom. The second-order valence-corrected chi connectivity index (χ2v) is 18.0. The average Bonchev–Trinajstić information content (AvgIpc) is 4.21. The molecule has 10 rings (SSSR count). The fraction of sp³-hybridized carbons (Fsp3) is 0.451. The van der Waals surface area contributed by atoms with E-state index >= 15 is 0 Å². The summed E-state index contributed by atoms with van der Waals surface area (Å²) in [6, 6.07) is 17.4. The molecule has 0 bridgehead atoms. The predicted octanol–water partition coefficient (Wildman–Crippen LogP) is 11.7. The lowest BCUT2D eigenvalue weighted by Gasteiger charge is -2.24. The van der Waals surface area contributed by atoms with Gasteiger partial charge in [-0.05, 0) is 145 Å². The van der Waals surface area contributed by atoms with E-state index in [1.54, 1.807) is 0 Å². The van der Waals surface area contributed by atoms with Gasteiger partial charge in [0, 0.05) is 62.5 Å². The van der Waals surface area contributed by atoms with E-state index in [1.165, 1.54) is 134 Å². The van der Waals surface area contributed by atoms with Crippen molar-refractivity contribution in [2.24, 2.45) is 14.1 Å². The van der Waals surface area contributed by atoms with Crippen LogP contribution in [0.3, 0.4) is 0 Å². The molecule has 0 unspecified atom stereocenters.